The monoisotopic (exact) mass is 550 g/mol. The second-order valence-electron chi connectivity index (χ2n) is 9.23. The van der Waals surface area contributed by atoms with Crippen LogP contribution in [0.25, 0.3) is 22.3 Å². The number of halogens is 1. The molecule has 39 heavy (non-hydrogen) atoms. The average molecular weight is 551 g/mol. The number of nitrogens with two attached hydrogens (primary N) is 1. The number of nitrogens with zero attached hydrogens (tertiary/aromatic N) is 1. The van der Waals surface area contributed by atoms with Gasteiger partial charge in [-0.3, -0.25) is 13.3 Å². The van der Waals surface area contributed by atoms with Gasteiger partial charge in [0.2, 0.25) is 0 Å². The number of rotatable bonds is 8. The maximum Gasteiger partial charge on any atom is 0.340 e. The first-order valence-electron chi connectivity index (χ1n) is 12.1. The highest BCUT2D eigenvalue weighted by Crippen LogP contribution is 2.45. The average Bonchev–Trinajstić information content (AvgIpc) is 3.71. The van der Waals surface area contributed by atoms with E-state index in [4.69, 9.17) is 14.9 Å². The summed E-state index contributed by atoms with van der Waals surface area (Å²) in [7, 11) is 2.73. The lowest BCUT2D eigenvalue weighted by molar-refractivity contribution is 0.0601. The van der Waals surface area contributed by atoms with E-state index in [0.29, 0.717) is 27.7 Å². The van der Waals surface area contributed by atoms with Crippen molar-refractivity contribution in [2.45, 2.75) is 25.3 Å². The number of nitrogen functional groups attached to an aromatic ring is 1. The Morgan fingerprint density at radius 3 is 2.51 bits per heavy atom. The smallest absolute Gasteiger partial charge is 0.340 e. The molecule has 4 aromatic rings. The van der Waals surface area contributed by atoms with Gasteiger partial charge >= 0.3 is 5.97 Å². The van der Waals surface area contributed by atoms with E-state index in [1.807, 2.05) is 6.07 Å². The van der Waals surface area contributed by atoms with Crippen molar-refractivity contribution < 1.29 is 31.9 Å². The van der Waals surface area contributed by atoms with Crippen molar-refractivity contribution in [2.75, 3.05) is 24.2 Å². The van der Waals surface area contributed by atoms with Gasteiger partial charge in [-0.25, -0.2) is 9.18 Å². The van der Waals surface area contributed by atoms with Crippen LogP contribution >= 0.6 is 0 Å². The van der Waals surface area contributed by atoms with Crippen LogP contribution in [-0.2, 0) is 22.5 Å². The van der Waals surface area contributed by atoms with Crippen molar-refractivity contribution in [3.05, 3.63) is 82.7 Å². The number of carbonyl (C=O) groups is 2. The van der Waals surface area contributed by atoms with Crippen LogP contribution in [0.15, 0.2) is 59.0 Å². The standard InChI is InChI=1S/C28H26FN3O6S/c1-31-27(33)25-22-13-20(15-3-4-15)17(11-24(22)38-26(25)16-5-7-18(29)8-6-16)14-32(39(35)36)19-9-10-23(30)21(12-19)28(34)37-2/h5-13,15H,3-4,14,30H2,1-2H3,(H,31,33)(H,35,36)/p-1. The molecule has 0 saturated heterocycles. The van der Waals surface area contributed by atoms with Crippen molar-refractivity contribution in [3.8, 4) is 11.3 Å². The number of fused-ring (bicyclic) bond motifs is 1. The summed E-state index contributed by atoms with van der Waals surface area (Å²) in [6, 6.07) is 13.6. The molecule has 1 amide bonds. The molecule has 1 saturated carbocycles. The van der Waals surface area contributed by atoms with Crippen LogP contribution in [0, 0.1) is 5.82 Å². The summed E-state index contributed by atoms with van der Waals surface area (Å²) in [4.78, 5) is 25.1. The molecule has 0 bridgehead atoms. The highest BCUT2D eigenvalue weighted by molar-refractivity contribution is 7.80. The quantitative estimate of drug-likeness (QED) is 0.185. The normalized spacial score (nSPS) is 13.7. The van der Waals surface area contributed by atoms with Crippen LogP contribution in [0.5, 0.6) is 0 Å². The fourth-order valence-electron chi connectivity index (χ4n) is 4.64. The lowest BCUT2D eigenvalue weighted by Gasteiger charge is -2.28. The van der Waals surface area contributed by atoms with Gasteiger partial charge in [0.05, 0.1) is 24.8 Å². The van der Waals surface area contributed by atoms with Gasteiger partial charge in [0.25, 0.3) is 5.91 Å². The summed E-state index contributed by atoms with van der Waals surface area (Å²) in [5.74, 6) is -0.976. The largest absolute Gasteiger partial charge is 0.755 e. The zero-order valence-electron chi connectivity index (χ0n) is 21.2. The van der Waals surface area contributed by atoms with E-state index >= 15 is 0 Å². The van der Waals surface area contributed by atoms with Crippen LogP contribution in [0.2, 0.25) is 0 Å². The van der Waals surface area contributed by atoms with Gasteiger partial charge in [0.15, 0.2) is 0 Å². The first-order valence-corrected chi connectivity index (χ1v) is 13.2. The number of anilines is 2. The van der Waals surface area contributed by atoms with Crippen LogP contribution < -0.4 is 15.4 Å². The van der Waals surface area contributed by atoms with Gasteiger partial charge in [0.1, 0.15) is 17.2 Å². The molecule has 9 nitrogen and oxygen atoms in total. The Labute approximate surface area is 226 Å². The fraction of sp³-hybridized carbons (Fsp3) is 0.214. The Morgan fingerprint density at radius 1 is 1.18 bits per heavy atom. The lowest BCUT2D eigenvalue weighted by Crippen LogP contribution is -2.26. The molecule has 11 heteroatoms. The van der Waals surface area contributed by atoms with Gasteiger partial charge in [-0.05, 0) is 84.5 Å². The van der Waals surface area contributed by atoms with Crippen LogP contribution in [-0.4, -0.2) is 34.8 Å². The molecule has 0 spiro atoms. The minimum absolute atomic E-state index is 0.0495. The number of esters is 1. The summed E-state index contributed by atoms with van der Waals surface area (Å²) in [5, 5.41) is 3.22. The van der Waals surface area contributed by atoms with E-state index < -0.39 is 23.1 Å². The predicted octanol–water partition coefficient (Wildman–Crippen LogP) is 4.65. The molecular formula is C28H25FN3O6S-. The van der Waals surface area contributed by atoms with E-state index in [0.717, 1.165) is 22.7 Å². The molecule has 1 fully saturated rings. The number of carbonyl (C=O) groups excluding carboxylic acids is 2. The second kappa shape index (κ2) is 10.5. The summed E-state index contributed by atoms with van der Waals surface area (Å²) < 4.78 is 50.3. The van der Waals surface area contributed by atoms with Crippen molar-refractivity contribution in [2.24, 2.45) is 0 Å². The number of benzene rings is 3. The molecule has 1 atom stereocenters. The SMILES string of the molecule is CNC(=O)c1c(-c2ccc(F)cc2)oc2cc(CN(c3ccc(N)c(C(=O)OC)c3)S(=O)[O-])c(C3CC3)cc12. The van der Waals surface area contributed by atoms with Crippen LogP contribution in [0.1, 0.15) is 50.6 Å². The minimum Gasteiger partial charge on any atom is -0.755 e. The maximum atomic E-state index is 13.6. The Kier molecular flexibility index (Phi) is 7.11. The Morgan fingerprint density at radius 2 is 1.90 bits per heavy atom. The predicted molar refractivity (Wildman–Crippen MR) is 144 cm³/mol. The number of ether oxygens (including phenoxy) is 1. The molecule has 1 heterocycles. The minimum atomic E-state index is -2.70. The van der Waals surface area contributed by atoms with Crippen molar-refractivity contribution >= 4 is 45.5 Å². The highest BCUT2D eigenvalue weighted by Gasteiger charge is 2.30. The van der Waals surface area contributed by atoms with E-state index in [1.165, 1.54) is 56.6 Å². The molecule has 1 aromatic heterocycles. The van der Waals surface area contributed by atoms with Gasteiger partial charge in [-0.2, -0.15) is 0 Å². The molecule has 5 rings (SSSR count). The summed E-state index contributed by atoms with van der Waals surface area (Å²) in [5.41, 5.74) is 9.16. The Hall–Kier alpha value is -4.22. The molecular weight excluding hydrogens is 525 g/mol. The number of methoxy groups -OCH3 is 1. The highest BCUT2D eigenvalue weighted by atomic mass is 32.2. The molecule has 1 aliphatic rings. The first kappa shape index (κ1) is 26.4. The Bertz CT molecular complexity index is 1610. The van der Waals surface area contributed by atoms with E-state index in [9.17, 15) is 22.7 Å². The summed E-state index contributed by atoms with van der Waals surface area (Å²) in [6.07, 6.45) is 1.84. The van der Waals surface area contributed by atoms with Gasteiger partial charge in [-0.1, -0.05) is 0 Å². The molecule has 3 aromatic carbocycles. The molecule has 3 N–H and O–H groups in total. The molecule has 1 unspecified atom stereocenters. The Balaban J connectivity index is 1.64. The van der Waals surface area contributed by atoms with E-state index in [2.05, 4.69) is 5.32 Å². The van der Waals surface area contributed by atoms with Crippen molar-refractivity contribution in [1.82, 2.24) is 5.32 Å². The summed E-state index contributed by atoms with van der Waals surface area (Å²) in [6.45, 7) is -0.0513. The van der Waals surface area contributed by atoms with Crippen LogP contribution in [0.4, 0.5) is 15.8 Å². The third kappa shape index (κ3) is 5.10. The number of amides is 1. The number of hydrogen-bond acceptors (Lipinski definition) is 7. The molecule has 0 radical (unpaired) electrons. The van der Waals surface area contributed by atoms with Crippen LogP contribution in [0.3, 0.4) is 0 Å². The fourth-order valence-corrected chi connectivity index (χ4v) is 5.17. The zero-order valence-corrected chi connectivity index (χ0v) is 22.0. The summed E-state index contributed by atoms with van der Waals surface area (Å²) >= 11 is -2.70. The first-order chi connectivity index (χ1) is 18.7. The van der Waals surface area contributed by atoms with E-state index in [1.54, 1.807) is 6.07 Å². The van der Waals surface area contributed by atoms with Gasteiger partial charge < -0.3 is 24.8 Å². The van der Waals surface area contributed by atoms with E-state index in [-0.39, 0.29) is 41.1 Å². The maximum absolute atomic E-state index is 13.6. The second-order valence-corrected chi connectivity index (χ2v) is 10.1. The number of nitrogens with one attached hydrogen (secondary N) is 1. The van der Waals surface area contributed by atoms with Gasteiger partial charge in [0, 0.05) is 40.6 Å². The zero-order chi connectivity index (χ0) is 27.8. The lowest BCUT2D eigenvalue weighted by atomic mass is 9.97. The third-order valence-corrected chi connectivity index (χ3v) is 7.45. The molecule has 0 aliphatic heterocycles. The topological polar surface area (TPSA) is 138 Å². The third-order valence-electron chi connectivity index (χ3n) is 6.75. The van der Waals surface area contributed by atoms with Crippen molar-refractivity contribution in [1.29, 1.82) is 0 Å². The van der Waals surface area contributed by atoms with Crippen molar-refractivity contribution in [3.63, 3.8) is 0 Å². The van der Waals surface area contributed by atoms with Gasteiger partial charge in [-0.15, -0.1) is 0 Å². The number of hydrogen-bond donors (Lipinski definition) is 2. The number of furan rings is 1. The molecule has 202 valence electrons. The molecule has 1 aliphatic carbocycles.